The summed E-state index contributed by atoms with van der Waals surface area (Å²) < 4.78 is 0. The number of carbonyl (C=O) groups excluding carboxylic acids is 6. The number of hydrogen-bond donors (Lipinski definition) is 10. The molecule has 18 nitrogen and oxygen atoms in total. The Morgan fingerprint density at radius 2 is 0.971 bits per heavy atom. The SMILES string of the molecule is CN(C)[C@@H]1C(=O)C(C(N)=O)=C(O)[C@@]2(O)C(=O)C3=C(O)c4c(O)ccc(C#CCCCCC#Cc5ccc(O)c6c5CC5CC7[C@H](N(C)C)C(=O)C(C(N)=O)=C(O)[C@@]7(O)C(=O)C5=C6O)c4CC3CC12. The van der Waals surface area contributed by atoms with Gasteiger partial charge in [-0.25, -0.2) is 0 Å². The van der Waals surface area contributed by atoms with Gasteiger partial charge in [-0.05, 0) is 114 Å². The Balaban J connectivity index is 0.989. The zero-order valence-electron chi connectivity index (χ0n) is 37.5. The fraction of sp³-hybridized carbons (Fsp3) is 0.400. The van der Waals surface area contributed by atoms with Crippen molar-refractivity contribution in [2.75, 3.05) is 28.2 Å². The highest BCUT2D eigenvalue weighted by Gasteiger charge is 2.66. The highest BCUT2D eigenvalue weighted by molar-refractivity contribution is 6.25. The van der Waals surface area contributed by atoms with Crippen molar-refractivity contribution >= 4 is 46.5 Å². The number of Topliss-reactive ketones (excluding diaryl/α,β-unsaturated/α-hetero) is 4. The summed E-state index contributed by atoms with van der Waals surface area (Å²) >= 11 is 0. The van der Waals surface area contributed by atoms with Crippen LogP contribution in [-0.4, -0.2) is 137 Å². The second kappa shape index (κ2) is 16.8. The lowest BCUT2D eigenvalue weighted by atomic mass is 9.57. The van der Waals surface area contributed by atoms with Crippen molar-refractivity contribution in [1.82, 2.24) is 9.80 Å². The Hall–Kier alpha value is -7.22. The second-order valence-corrected chi connectivity index (χ2v) is 18.7. The molecular formula is C50H50N4O14. The summed E-state index contributed by atoms with van der Waals surface area (Å²) in [6.07, 6.45) is 2.12. The number of carbonyl (C=O) groups is 6. The van der Waals surface area contributed by atoms with E-state index in [-0.39, 0.29) is 59.5 Å². The molecule has 2 saturated carbocycles. The van der Waals surface area contributed by atoms with Gasteiger partial charge in [-0.15, -0.1) is 0 Å². The van der Waals surface area contributed by atoms with Crippen LogP contribution in [0.25, 0.3) is 11.5 Å². The third-order valence-corrected chi connectivity index (χ3v) is 14.5. The molecule has 0 aliphatic heterocycles. The first-order chi connectivity index (χ1) is 32.0. The van der Waals surface area contributed by atoms with Crippen molar-refractivity contribution in [3.05, 3.63) is 91.5 Å². The van der Waals surface area contributed by atoms with E-state index in [4.69, 9.17) is 11.5 Å². The summed E-state index contributed by atoms with van der Waals surface area (Å²) in [6.45, 7) is 0. The summed E-state index contributed by atoms with van der Waals surface area (Å²) in [5.41, 5.74) is 4.72. The van der Waals surface area contributed by atoms with Gasteiger partial charge >= 0.3 is 0 Å². The van der Waals surface area contributed by atoms with Crippen LogP contribution in [0.3, 0.4) is 0 Å². The third-order valence-electron chi connectivity index (χ3n) is 14.5. The fourth-order valence-corrected chi connectivity index (χ4v) is 11.5. The molecule has 0 heterocycles. The molecular weight excluding hydrogens is 881 g/mol. The van der Waals surface area contributed by atoms with Crippen LogP contribution in [0.4, 0.5) is 0 Å². The molecule has 18 heteroatoms. The molecule has 12 N–H and O–H groups in total. The second-order valence-electron chi connectivity index (χ2n) is 18.7. The van der Waals surface area contributed by atoms with Crippen LogP contribution in [-0.2, 0) is 41.6 Å². The minimum atomic E-state index is -2.75. The number of nitrogens with zero attached hydrogens (tertiary/aromatic N) is 2. The highest BCUT2D eigenvalue weighted by atomic mass is 16.4. The maximum Gasteiger partial charge on any atom is 0.255 e. The monoisotopic (exact) mass is 930 g/mol. The predicted octanol–water partition coefficient (Wildman–Crippen LogP) is 1.21. The van der Waals surface area contributed by atoms with E-state index in [9.17, 15) is 69.6 Å². The van der Waals surface area contributed by atoms with Gasteiger partial charge in [0.05, 0.1) is 23.2 Å². The van der Waals surface area contributed by atoms with E-state index >= 15 is 0 Å². The van der Waals surface area contributed by atoms with Gasteiger partial charge in [0.1, 0.15) is 45.7 Å². The number of benzene rings is 2. The molecule has 0 bridgehead atoms. The Morgan fingerprint density at radius 3 is 1.29 bits per heavy atom. The summed E-state index contributed by atoms with van der Waals surface area (Å²) in [4.78, 5) is 82.4. The quantitative estimate of drug-likeness (QED) is 0.106. The number of aliphatic hydroxyl groups is 6. The van der Waals surface area contributed by atoms with E-state index < -0.39 is 116 Å². The van der Waals surface area contributed by atoms with Gasteiger partial charge < -0.3 is 52.3 Å². The maximum absolute atomic E-state index is 14.1. The van der Waals surface area contributed by atoms with Crippen LogP contribution >= 0.6 is 0 Å². The van der Waals surface area contributed by atoms with Crippen LogP contribution in [0, 0.1) is 47.4 Å². The zero-order valence-corrected chi connectivity index (χ0v) is 37.5. The van der Waals surface area contributed by atoms with E-state index in [0.717, 1.165) is 0 Å². The number of aliphatic hydroxyl groups excluding tert-OH is 4. The number of phenols is 2. The number of primary amides is 2. The maximum atomic E-state index is 14.1. The van der Waals surface area contributed by atoms with Crippen LogP contribution in [0.2, 0.25) is 0 Å². The number of nitrogens with two attached hydrogens (primary N) is 2. The van der Waals surface area contributed by atoms with Crippen molar-refractivity contribution in [1.29, 1.82) is 0 Å². The highest BCUT2D eigenvalue weighted by Crippen LogP contribution is 2.55. The predicted molar refractivity (Wildman–Crippen MR) is 241 cm³/mol. The van der Waals surface area contributed by atoms with Crippen LogP contribution in [0.1, 0.15) is 71.9 Å². The molecule has 0 saturated heterocycles. The molecule has 354 valence electrons. The first kappa shape index (κ1) is 47.3. The number of likely N-dealkylation sites (N-methyl/N-ethyl adjacent to an activating group) is 2. The van der Waals surface area contributed by atoms with Crippen molar-refractivity contribution in [3.8, 4) is 35.2 Å². The van der Waals surface area contributed by atoms with Crippen molar-refractivity contribution in [3.63, 3.8) is 0 Å². The smallest absolute Gasteiger partial charge is 0.255 e. The Morgan fingerprint density at radius 1 is 0.618 bits per heavy atom. The van der Waals surface area contributed by atoms with Crippen molar-refractivity contribution < 1.29 is 69.6 Å². The number of ketones is 4. The molecule has 0 spiro atoms. The summed E-state index contributed by atoms with van der Waals surface area (Å²) in [5.74, 6) is -2.32. The largest absolute Gasteiger partial charge is 0.508 e. The average molecular weight is 931 g/mol. The molecule has 4 unspecified atom stereocenters. The standard InChI is InChI=1S/C50H50N4O14/c1-53(2)37-27-19-23-17-25-21(13-15-29(55)33(25)39(57)31(23)43(61)49(27,67)45(63)35(41(37)59)47(51)65)11-9-7-5-6-8-10-12-22-14-16-30(56)34-26(22)18-24-20-28-38(54(3)4)42(60)36(48(52)66)46(64)50(28,68)44(62)32(24)40(34)58/h13-16,23-24,27-28,37-38,55-58,63-64,67-68H,5-8,17-20H2,1-4H3,(H2,51,65)(H2,52,66)/t23?,24?,27?,28?,37-,38-,49-,50-/m0/s1. The van der Waals surface area contributed by atoms with Gasteiger partial charge in [-0.3, -0.25) is 38.6 Å². The van der Waals surface area contributed by atoms with Gasteiger partial charge in [-0.1, -0.05) is 23.7 Å². The van der Waals surface area contributed by atoms with Crippen molar-refractivity contribution in [2.45, 2.75) is 74.7 Å². The van der Waals surface area contributed by atoms with Gasteiger partial charge in [-0.2, -0.15) is 0 Å². The Kier molecular flexibility index (Phi) is 11.7. The molecule has 68 heavy (non-hydrogen) atoms. The first-order valence-corrected chi connectivity index (χ1v) is 22.0. The van der Waals surface area contributed by atoms with E-state index in [0.29, 0.717) is 47.9 Å². The number of unbranched alkanes of at least 4 members (excludes halogenated alkanes) is 3. The van der Waals surface area contributed by atoms with Gasteiger partial charge in [0.15, 0.2) is 22.8 Å². The molecule has 6 aliphatic carbocycles. The normalized spacial score (nSPS) is 28.5. The molecule has 2 aromatic carbocycles. The van der Waals surface area contributed by atoms with Gasteiger partial charge in [0.2, 0.25) is 11.6 Å². The number of aromatic hydroxyl groups is 2. The first-order valence-electron chi connectivity index (χ1n) is 22.0. The average Bonchev–Trinajstić information content (AvgIpc) is 3.25. The Labute approximate surface area is 389 Å². The lowest BCUT2D eigenvalue weighted by Gasteiger charge is -2.50. The van der Waals surface area contributed by atoms with Crippen molar-refractivity contribution in [2.24, 2.45) is 35.1 Å². The van der Waals surface area contributed by atoms with E-state index in [1.807, 2.05) is 0 Å². The number of fused-ring (bicyclic) bond motifs is 6. The van der Waals surface area contributed by atoms with Crippen LogP contribution < -0.4 is 11.5 Å². The van der Waals surface area contributed by atoms with E-state index in [1.54, 1.807) is 12.1 Å². The minimum Gasteiger partial charge on any atom is -0.508 e. The molecule has 2 amide bonds. The molecule has 2 fully saturated rings. The van der Waals surface area contributed by atoms with Crippen LogP contribution in [0.5, 0.6) is 11.5 Å². The van der Waals surface area contributed by atoms with E-state index in [1.165, 1.54) is 50.1 Å². The number of hydrogen-bond acceptors (Lipinski definition) is 16. The third kappa shape index (κ3) is 6.81. The topological polar surface area (TPSA) is 323 Å². The lowest BCUT2D eigenvalue weighted by Crippen LogP contribution is -2.65. The molecule has 0 radical (unpaired) electrons. The molecule has 8 atom stereocenters. The summed E-state index contributed by atoms with van der Waals surface area (Å²) in [5, 5.41) is 90.7. The summed E-state index contributed by atoms with van der Waals surface area (Å²) in [6, 6.07) is 3.37. The Bertz CT molecular complexity index is 2760. The minimum absolute atomic E-state index is 0.0603. The van der Waals surface area contributed by atoms with Gasteiger partial charge in [0.25, 0.3) is 11.8 Å². The van der Waals surface area contributed by atoms with E-state index in [2.05, 4.69) is 23.7 Å². The number of phenolic OH excluding ortho intramolecular Hbond substituents is 2. The van der Waals surface area contributed by atoms with Crippen LogP contribution in [0.15, 0.2) is 58.1 Å². The number of amides is 2. The molecule has 0 aromatic heterocycles. The molecule has 6 aliphatic rings. The molecule has 2 aromatic rings. The van der Waals surface area contributed by atoms with Gasteiger partial charge in [0, 0.05) is 47.0 Å². The number of rotatable bonds is 7. The fourth-order valence-electron chi connectivity index (χ4n) is 11.5. The molecule has 8 rings (SSSR count). The summed E-state index contributed by atoms with van der Waals surface area (Å²) in [7, 11) is 6.10. The lowest BCUT2D eigenvalue weighted by molar-refractivity contribution is -0.155. The zero-order chi connectivity index (χ0) is 49.6.